The zero-order chi connectivity index (χ0) is 29.5. The molecule has 1 aliphatic carbocycles. The number of carbonyl (C=O) groups excluding carboxylic acids is 2. The first-order chi connectivity index (χ1) is 20.4. The molecule has 0 unspecified atom stereocenters. The molecular weight excluding hydrogens is 534 g/mol. The van der Waals surface area contributed by atoms with Gasteiger partial charge < -0.3 is 29.7 Å². The number of hydrogen-bond donors (Lipinski definition) is 2. The summed E-state index contributed by atoms with van der Waals surface area (Å²) in [5, 5.41) is 12.3. The van der Waals surface area contributed by atoms with Crippen LogP contribution < -0.4 is 15.0 Å². The minimum absolute atomic E-state index is 0.0128. The minimum atomic E-state index is -0.917. The summed E-state index contributed by atoms with van der Waals surface area (Å²) < 4.78 is 10.8. The lowest BCUT2D eigenvalue weighted by molar-refractivity contribution is -0.139. The van der Waals surface area contributed by atoms with E-state index in [9.17, 15) is 19.5 Å². The van der Waals surface area contributed by atoms with Crippen molar-refractivity contribution in [3.05, 3.63) is 77.9 Å². The number of aliphatic carboxylic acids is 1. The molecule has 0 bridgehead atoms. The maximum atomic E-state index is 13.2. The van der Waals surface area contributed by atoms with Crippen LogP contribution in [-0.2, 0) is 32.1 Å². The number of nitrogens with zero attached hydrogens (tertiary/aromatic N) is 2. The lowest BCUT2D eigenvalue weighted by atomic mass is 10.0. The maximum Gasteiger partial charge on any atom is 0.305 e. The predicted molar refractivity (Wildman–Crippen MR) is 161 cm³/mol. The zero-order valence-corrected chi connectivity index (χ0v) is 23.9. The van der Waals surface area contributed by atoms with Crippen LogP contribution in [0.4, 0.5) is 11.4 Å². The number of carbonyl (C=O) groups is 3. The molecule has 5 rings (SSSR count). The quantitative estimate of drug-likeness (QED) is 0.327. The second-order valence-electron chi connectivity index (χ2n) is 10.8. The first-order valence-corrected chi connectivity index (χ1v) is 14.4. The zero-order valence-electron chi connectivity index (χ0n) is 23.9. The van der Waals surface area contributed by atoms with Gasteiger partial charge in [0.15, 0.2) is 0 Å². The monoisotopic (exact) mass is 571 g/mol. The number of amides is 2. The molecule has 2 amide bonds. The largest absolute Gasteiger partial charge is 0.497 e. The third-order valence-electron chi connectivity index (χ3n) is 7.61. The Morgan fingerprint density at radius 2 is 1.71 bits per heavy atom. The molecule has 220 valence electrons. The third-order valence-corrected chi connectivity index (χ3v) is 7.61. The van der Waals surface area contributed by atoms with E-state index in [-0.39, 0.29) is 37.1 Å². The number of anilines is 2. The first-order valence-electron chi connectivity index (χ1n) is 14.4. The van der Waals surface area contributed by atoms with Gasteiger partial charge in [-0.15, -0.1) is 0 Å². The Morgan fingerprint density at radius 1 is 0.976 bits per heavy atom. The van der Waals surface area contributed by atoms with E-state index in [1.165, 1.54) is 0 Å². The fourth-order valence-corrected chi connectivity index (χ4v) is 5.17. The van der Waals surface area contributed by atoms with E-state index in [2.05, 4.69) is 10.2 Å². The van der Waals surface area contributed by atoms with Crippen molar-refractivity contribution < 1.29 is 29.0 Å². The van der Waals surface area contributed by atoms with Crippen LogP contribution in [0.15, 0.2) is 66.7 Å². The number of carboxylic acids is 1. The number of morpholine rings is 1. The van der Waals surface area contributed by atoms with Crippen LogP contribution in [0.5, 0.6) is 5.75 Å². The van der Waals surface area contributed by atoms with E-state index in [0.29, 0.717) is 19.8 Å². The van der Waals surface area contributed by atoms with Crippen LogP contribution in [0, 0.1) is 5.92 Å². The highest BCUT2D eigenvalue weighted by Crippen LogP contribution is 2.34. The standard InChI is InChI=1S/C33H37N3O6/c1-41-28-10-5-23(6-11-28)20-31(37)34-29-21-27(9-12-30(29)35-15-17-42-18-16-35)26-4-2-3-24(19-26)22-36(14-13-32(38)39)33(40)25-7-8-25/h2-6,9-12,19,21,25H,7-8,13-18,20,22H2,1H3,(H,34,37)(H,38,39). The maximum absolute atomic E-state index is 13.2. The Bertz CT molecular complexity index is 1410. The number of benzene rings is 3. The van der Waals surface area contributed by atoms with Gasteiger partial charge in [0.2, 0.25) is 11.8 Å². The van der Waals surface area contributed by atoms with Gasteiger partial charge in [-0.25, -0.2) is 0 Å². The molecule has 1 saturated heterocycles. The Hall–Kier alpha value is -4.37. The van der Waals surface area contributed by atoms with Gasteiger partial charge in [-0.05, 0) is 65.4 Å². The Kier molecular flexibility index (Phi) is 9.38. The highest BCUT2D eigenvalue weighted by molar-refractivity contribution is 5.96. The van der Waals surface area contributed by atoms with Crippen molar-refractivity contribution >= 4 is 29.2 Å². The number of ether oxygens (including phenoxy) is 2. The van der Waals surface area contributed by atoms with Crippen molar-refractivity contribution in [2.45, 2.75) is 32.2 Å². The fraction of sp³-hybridized carbons (Fsp3) is 0.364. The van der Waals surface area contributed by atoms with Crippen LogP contribution in [0.1, 0.15) is 30.4 Å². The lowest BCUT2D eigenvalue weighted by Gasteiger charge is -2.31. The number of carboxylic acid groups (broad SMARTS) is 1. The van der Waals surface area contributed by atoms with Crippen molar-refractivity contribution in [1.29, 1.82) is 0 Å². The fourth-order valence-electron chi connectivity index (χ4n) is 5.17. The smallest absolute Gasteiger partial charge is 0.305 e. The Morgan fingerprint density at radius 3 is 2.40 bits per heavy atom. The van der Waals surface area contributed by atoms with Gasteiger partial charge in [0.1, 0.15) is 5.75 Å². The molecule has 2 aliphatic rings. The molecule has 42 heavy (non-hydrogen) atoms. The highest BCUT2D eigenvalue weighted by atomic mass is 16.5. The molecule has 9 nitrogen and oxygen atoms in total. The van der Waals surface area contributed by atoms with E-state index < -0.39 is 5.97 Å². The molecule has 9 heteroatoms. The van der Waals surface area contributed by atoms with Crippen molar-refractivity contribution in [1.82, 2.24) is 4.90 Å². The van der Waals surface area contributed by atoms with Crippen LogP contribution in [-0.4, -0.2) is 67.7 Å². The number of rotatable bonds is 12. The summed E-state index contributed by atoms with van der Waals surface area (Å²) in [4.78, 5) is 41.1. The van der Waals surface area contributed by atoms with Gasteiger partial charge in [0, 0.05) is 32.1 Å². The van der Waals surface area contributed by atoms with Crippen molar-refractivity contribution in [2.75, 3.05) is 50.2 Å². The Labute approximate surface area is 246 Å². The summed E-state index contributed by atoms with van der Waals surface area (Å²) in [5.41, 5.74) is 5.36. The van der Waals surface area contributed by atoms with Gasteiger partial charge >= 0.3 is 5.97 Å². The summed E-state index contributed by atoms with van der Waals surface area (Å²) in [5.74, 6) is -0.254. The topological polar surface area (TPSA) is 108 Å². The average Bonchev–Trinajstić information content (AvgIpc) is 3.86. The van der Waals surface area contributed by atoms with Crippen molar-refractivity contribution in [2.24, 2.45) is 5.92 Å². The van der Waals surface area contributed by atoms with Crippen molar-refractivity contribution in [3.63, 3.8) is 0 Å². The Balaban J connectivity index is 1.37. The molecule has 3 aromatic rings. The van der Waals surface area contributed by atoms with Crippen molar-refractivity contribution in [3.8, 4) is 16.9 Å². The predicted octanol–water partition coefficient (Wildman–Crippen LogP) is 4.59. The molecule has 0 spiro atoms. The average molecular weight is 572 g/mol. The molecule has 0 radical (unpaired) electrons. The summed E-state index contributed by atoms with van der Waals surface area (Å²) in [6.45, 7) is 3.26. The lowest BCUT2D eigenvalue weighted by Crippen LogP contribution is -2.36. The molecule has 1 saturated carbocycles. The van der Waals surface area contributed by atoms with E-state index in [0.717, 1.165) is 65.3 Å². The van der Waals surface area contributed by atoms with Gasteiger partial charge in [0.05, 0.1) is 44.5 Å². The molecule has 1 aliphatic heterocycles. The SMILES string of the molecule is COc1ccc(CC(=O)Nc2cc(-c3cccc(CN(CCC(=O)O)C(=O)C4CC4)c3)ccc2N2CCOCC2)cc1. The molecule has 0 aromatic heterocycles. The summed E-state index contributed by atoms with van der Waals surface area (Å²) in [6, 6.07) is 21.5. The molecule has 3 aromatic carbocycles. The van der Waals surface area contributed by atoms with Gasteiger partial charge in [0.25, 0.3) is 0 Å². The third kappa shape index (κ3) is 7.67. The van der Waals surface area contributed by atoms with Gasteiger partial charge in [-0.3, -0.25) is 14.4 Å². The van der Waals surface area contributed by atoms with E-state index >= 15 is 0 Å². The van der Waals surface area contributed by atoms with E-state index in [1.54, 1.807) is 12.0 Å². The second kappa shape index (κ2) is 13.5. The van der Waals surface area contributed by atoms with Crippen LogP contribution >= 0.6 is 0 Å². The van der Waals surface area contributed by atoms with Crippen LogP contribution in [0.25, 0.3) is 11.1 Å². The first kappa shape index (κ1) is 29.1. The van der Waals surface area contributed by atoms with Crippen LogP contribution in [0.3, 0.4) is 0 Å². The molecule has 2 fully saturated rings. The second-order valence-corrected chi connectivity index (χ2v) is 10.8. The highest BCUT2D eigenvalue weighted by Gasteiger charge is 2.33. The van der Waals surface area contributed by atoms with Gasteiger partial charge in [-0.1, -0.05) is 36.4 Å². The van der Waals surface area contributed by atoms with Crippen LogP contribution in [0.2, 0.25) is 0 Å². The summed E-state index contributed by atoms with van der Waals surface area (Å²) in [6.07, 6.45) is 1.88. The van der Waals surface area contributed by atoms with Gasteiger partial charge in [-0.2, -0.15) is 0 Å². The number of nitrogens with one attached hydrogen (secondary N) is 1. The minimum Gasteiger partial charge on any atom is -0.497 e. The molecule has 0 atom stereocenters. The summed E-state index contributed by atoms with van der Waals surface area (Å²) in [7, 11) is 1.61. The van der Waals surface area contributed by atoms with E-state index in [4.69, 9.17) is 9.47 Å². The normalized spacial score (nSPS) is 14.7. The molecular formula is C33H37N3O6. The number of methoxy groups -OCH3 is 1. The summed E-state index contributed by atoms with van der Waals surface area (Å²) >= 11 is 0. The molecule has 1 heterocycles. The number of hydrogen-bond acceptors (Lipinski definition) is 6. The van der Waals surface area contributed by atoms with E-state index in [1.807, 2.05) is 66.7 Å². The molecule has 2 N–H and O–H groups in total.